The Morgan fingerprint density at radius 2 is 1.05 bits per heavy atom. The minimum Gasteiger partial charge on any atom is -0.490 e. The lowest BCUT2D eigenvalue weighted by Crippen LogP contribution is -2.26. The number of carbonyl (C=O) groups excluding carboxylic acids is 2. The fraction of sp³-hybridized carbons (Fsp3) is 0.486. The van der Waals surface area contributed by atoms with Crippen LogP contribution in [0, 0.1) is 0 Å². The normalized spacial score (nSPS) is 12.9. The van der Waals surface area contributed by atoms with Crippen LogP contribution < -0.4 is 9.47 Å². The number of rotatable bonds is 16. The van der Waals surface area contributed by atoms with Crippen LogP contribution in [0.5, 0.6) is 11.5 Å². The van der Waals surface area contributed by atoms with Crippen LogP contribution in [0.1, 0.15) is 89.5 Å². The van der Waals surface area contributed by atoms with Gasteiger partial charge < -0.3 is 29.2 Å². The molecule has 0 saturated heterocycles. The Balaban J connectivity index is 2.21. The number of ether oxygens (including phenoxy) is 4. The Kier molecular flexibility index (Phi) is 13.0. The fourth-order valence-corrected chi connectivity index (χ4v) is 4.26. The van der Waals surface area contributed by atoms with Gasteiger partial charge in [-0.05, 0) is 60.1 Å². The summed E-state index contributed by atoms with van der Waals surface area (Å²) in [7, 11) is 0. The molecule has 0 saturated carbocycles. The van der Waals surface area contributed by atoms with Gasteiger partial charge in [-0.1, -0.05) is 79.0 Å². The third kappa shape index (κ3) is 10.3. The van der Waals surface area contributed by atoms with E-state index in [2.05, 4.69) is 66.8 Å². The highest BCUT2D eigenvalue weighted by molar-refractivity contribution is 5.87. The van der Waals surface area contributed by atoms with E-state index in [1.165, 1.54) is 0 Å². The summed E-state index contributed by atoms with van der Waals surface area (Å²) >= 11 is 0. The van der Waals surface area contributed by atoms with Crippen molar-refractivity contribution in [3.05, 3.63) is 83.0 Å². The highest BCUT2D eigenvalue weighted by Gasteiger charge is 2.27. The Hall–Kier alpha value is -3.62. The van der Waals surface area contributed by atoms with Gasteiger partial charge in [0.2, 0.25) is 0 Å². The average molecular weight is 597 g/mol. The van der Waals surface area contributed by atoms with Crippen molar-refractivity contribution in [2.75, 3.05) is 26.4 Å². The van der Waals surface area contributed by atoms with Gasteiger partial charge in [0.25, 0.3) is 0 Å². The predicted molar refractivity (Wildman–Crippen MR) is 168 cm³/mol. The number of hydrogen-bond donors (Lipinski definition) is 2. The zero-order valence-electron chi connectivity index (χ0n) is 26.9. The molecule has 0 radical (unpaired) electrons. The highest BCUT2D eigenvalue weighted by Crippen LogP contribution is 2.39. The van der Waals surface area contributed by atoms with E-state index >= 15 is 0 Å². The molecule has 0 fully saturated rings. The molecule has 0 aliphatic carbocycles. The molecule has 2 aromatic carbocycles. The van der Waals surface area contributed by atoms with E-state index in [0.29, 0.717) is 11.5 Å². The molecule has 0 spiro atoms. The molecular weight excluding hydrogens is 548 g/mol. The van der Waals surface area contributed by atoms with Crippen molar-refractivity contribution >= 4 is 11.9 Å². The van der Waals surface area contributed by atoms with E-state index in [-0.39, 0.29) is 54.8 Å². The fourth-order valence-electron chi connectivity index (χ4n) is 4.26. The van der Waals surface area contributed by atoms with Crippen molar-refractivity contribution in [1.29, 1.82) is 0 Å². The lowest BCUT2D eigenvalue weighted by atomic mass is 9.76. The van der Waals surface area contributed by atoms with Crippen molar-refractivity contribution in [2.24, 2.45) is 0 Å². The lowest BCUT2D eigenvalue weighted by Gasteiger charge is -2.29. The standard InChI is InChI=1S/C35H48O8/c1-21(2)29-15-25(11-13-31(29)40-17-27(36)19-42-33(38)23(5)6)35(9,10)26-12-14-32(30(16-26)22(3)4)41-18-28(37)20-43-34(39)24(7)8/h11-16,21-22,27-28,36-37H,5,7,17-20H2,1-4,6,8-10H3. The van der Waals surface area contributed by atoms with Gasteiger partial charge in [-0.3, -0.25) is 0 Å². The Bertz CT molecular complexity index is 1190. The van der Waals surface area contributed by atoms with Gasteiger partial charge in [-0.25, -0.2) is 9.59 Å². The first-order valence-corrected chi connectivity index (χ1v) is 14.6. The molecule has 0 heterocycles. The van der Waals surface area contributed by atoms with E-state index in [9.17, 15) is 19.8 Å². The maximum Gasteiger partial charge on any atom is 0.333 e. The molecular formula is C35H48O8. The maximum atomic E-state index is 11.6. The third-order valence-electron chi connectivity index (χ3n) is 7.08. The number of carbonyl (C=O) groups is 2. The summed E-state index contributed by atoms with van der Waals surface area (Å²) in [5.74, 6) is 0.554. The number of aliphatic hydroxyl groups is 2. The summed E-state index contributed by atoms with van der Waals surface area (Å²) in [4.78, 5) is 23.2. The number of esters is 2. The molecule has 8 heteroatoms. The molecule has 0 aliphatic heterocycles. The largest absolute Gasteiger partial charge is 0.490 e. The quantitative estimate of drug-likeness (QED) is 0.180. The van der Waals surface area contributed by atoms with Crippen LogP contribution in [0.15, 0.2) is 60.7 Å². The second-order valence-electron chi connectivity index (χ2n) is 12.1. The molecule has 0 amide bonds. The van der Waals surface area contributed by atoms with Crippen LogP contribution in [0.25, 0.3) is 0 Å². The zero-order valence-corrected chi connectivity index (χ0v) is 26.9. The minimum absolute atomic E-state index is 0.0177. The Morgan fingerprint density at radius 1 is 0.698 bits per heavy atom. The zero-order chi connectivity index (χ0) is 32.5. The molecule has 0 aliphatic rings. The summed E-state index contributed by atoms with van der Waals surface area (Å²) in [6, 6.07) is 12.2. The van der Waals surface area contributed by atoms with Gasteiger partial charge in [0, 0.05) is 16.6 Å². The lowest BCUT2D eigenvalue weighted by molar-refractivity contribution is -0.143. The second kappa shape index (κ2) is 15.7. The molecule has 8 nitrogen and oxygen atoms in total. The molecule has 43 heavy (non-hydrogen) atoms. The number of hydrogen-bond acceptors (Lipinski definition) is 8. The van der Waals surface area contributed by atoms with Gasteiger partial charge >= 0.3 is 11.9 Å². The summed E-state index contributed by atoms with van der Waals surface area (Å²) < 4.78 is 21.9. The molecule has 2 N–H and O–H groups in total. The Labute approximate surface area is 256 Å². The van der Waals surface area contributed by atoms with Gasteiger partial charge in [0.15, 0.2) is 0 Å². The summed E-state index contributed by atoms with van der Waals surface area (Å²) in [5, 5.41) is 20.5. The first-order chi connectivity index (χ1) is 20.0. The van der Waals surface area contributed by atoms with E-state index in [4.69, 9.17) is 18.9 Å². The van der Waals surface area contributed by atoms with E-state index in [0.717, 1.165) is 22.3 Å². The van der Waals surface area contributed by atoms with Crippen LogP contribution in [-0.4, -0.2) is 60.8 Å². The highest BCUT2D eigenvalue weighted by atomic mass is 16.6. The van der Waals surface area contributed by atoms with Crippen LogP contribution >= 0.6 is 0 Å². The first kappa shape index (κ1) is 35.6. The van der Waals surface area contributed by atoms with E-state index in [1.807, 2.05) is 24.3 Å². The molecule has 2 unspecified atom stereocenters. The SMILES string of the molecule is C=C(C)C(=O)OCC(O)COc1ccc(C(C)(C)c2ccc(OCC(O)COC(=O)C(=C)C)c(C(C)C)c2)cc1C(C)C. The summed E-state index contributed by atoms with van der Waals surface area (Å²) in [6.07, 6.45) is -1.94. The van der Waals surface area contributed by atoms with Crippen LogP contribution in [0.2, 0.25) is 0 Å². The van der Waals surface area contributed by atoms with E-state index < -0.39 is 24.1 Å². The van der Waals surface area contributed by atoms with Crippen molar-refractivity contribution in [1.82, 2.24) is 0 Å². The summed E-state index contributed by atoms with van der Waals surface area (Å²) in [6.45, 7) is 22.4. The van der Waals surface area contributed by atoms with Gasteiger partial charge in [-0.15, -0.1) is 0 Å². The van der Waals surface area contributed by atoms with Crippen molar-refractivity contribution < 1.29 is 38.7 Å². The molecule has 0 bridgehead atoms. The monoisotopic (exact) mass is 596 g/mol. The van der Waals surface area contributed by atoms with Gasteiger partial charge in [0.1, 0.15) is 50.1 Å². The number of aliphatic hydroxyl groups excluding tert-OH is 2. The van der Waals surface area contributed by atoms with Crippen LogP contribution in [0.4, 0.5) is 0 Å². The summed E-state index contributed by atoms with van der Waals surface area (Å²) in [5.41, 5.74) is 4.37. The second-order valence-corrected chi connectivity index (χ2v) is 12.1. The molecule has 2 aromatic rings. The molecule has 2 atom stereocenters. The van der Waals surface area contributed by atoms with Gasteiger partial charge in [0.05, 0.1) is 0 Å². The van der Waals surface area contributed by atoms with Gasteiger partial charge in [-0.2, -0.15) is 0 Å². The predicted octanol–water partition coefficient (Wildman–Crippen LogP) is 5.98. The first-order valence-electron chi connectivity index (χ1n) is 14.6. The molecule has 0 aromatic heterocycles. The molecule has 2 rings (SSSR count). The maximum absolute atomic E-state index is 11.6. The van der Waals surface area contributed by atoms with Crippen molar-refractivity contribution in [3.63, 3.8) is 0 Å². The van der Waals surface area contributed by atoms with Crippen molar-refractivity contribution in [2.45, 2.75) is 84.8 Å². The smallest absolute Gasteiger partial charge is 0.333 e. The third-order valence-corrected chi connectivity index (χ3v) is 7.08. The van der Waals surface area contributed by atoms with Crippen LogP contribution in [0.3, 0.4) is 0 Å². The average Bonchev–Trinajstić information content (AvgIpc) is 2.95. The topological polar surface area (TPSA) is 112 Å². The minimum atomic E-state index is -0.970. The van der Waals surface area contributed by atoms with Crippen LogP contribution in [-0.2, 0) is 24.5 Å². The Morgan fingerprint density at radius 3 is 1.35 bits per heavy atom. The van der Waals surface area contributed by atoms with E-state index in [1.54, 1.807) is 13.8 Å². The van der Waals surface area contributed by atoms with Crippen molar-refractivity contribution in [3.8, 4) is 11.5 Å². The molecule has 236 valence electrons. The number of benzene rings is 2.